The van der Waals surface area contributed by atoms with Gasteiger partial charge in [-0.05, 0) is 12.8 Å². The Kier molecular flexibility index (Phi) is 6.66. The second-order valence-electron chi connectivity index (χ2n) is 7.51. The Morgan fingerprint density at radius 2 is 2.12 bits per heavy atom. The van der Waals surface area contributed by atoms with Gasteiger partial charge in [-0.2, -0.15) is 14.0 Å². The van der Waals surface area contributed by atoms with Crippen LogP contribution in [0, 0.1) is 0 Å². The molecule has 1 saturated heterocycles. The van der Waals surface area contributed by atoms with Crippen LogP contribution in [0.1, 0.15) is 34.9 Å². The fourth-order valence-corrected chi connectivity index (χ4v) is 4.38. The molecule has 1 aromatic carbocycles. The fraction of sp³-hybridized carbons (Fsp3) is 0.381. The van der Waals surface area contributed by atoms with Gasteiger partial charge in [0.1, 0.15) is 11.1 Å². The Bertz CT molecular complexity index is 1060. The number of tetrazole rings is 1. The molecule has 1 unspecified atom stereocenters. The number of alkyl halides is 2. The zero-order chi connectivity index (χ0) is 22.6. The van der Waals surface area contributed by atoms with Gasteiger partial charge in [-0.15, -0.1) is 21.5 Å². The second kappa shape index (κ2) is 9.61. The molecule has 168 valence electrons. The minimum Gasteiger partial charge on any atom is -0.382 e. The van der Waals surface area contributed by atoms with Crippen molar-refractivity contribution in [1.29, 1.82) is 0 Å². The molecule has 0 aliphatic carbocycles. The van der Waals surface area contributed by atoms with Gasteiger partial charge in [0.15, 0.2) is 5.82 Å². The van der Waals surface area contributed by atoms with Crippen molar-refractivity contribution in [1.82, 2.24) is 30.5 Å². The van der Waals surface area contributed by atoms with E-state index >= 15 is 0 Å². The Hall–Kier alpha value is -3.05. The highest BCUT2D eigenvalue weighted by atomic mass is 32.1. The van der Waals surface area contributed by atoms with E-state index in [0.29, 0.717) is 38.1 Å². The van der Waals surface area contributed by atoms with Crippen molar-refractivity contribution in [2.75, 3.05) is 0 Å². The van der Waals surface area contributed by atoms with E-state index in [2.05, 4.69) is 25.6 Å². The van der Waals surface area contributed by atoms with E-state index in [0.717, 1.165) is 16.8 Å². The number of benzene rings is 1. The lowest BCUT2D eigenvalue weighted by molar-refractivity contribution is -0.129. The summed E-state index contributed by atoms with van der Waals surface area (Å²) in [5.74, 6) is -2.88. The first-order valence-electron chi connectivity index (χ1n) is 10.2. The largest absolute Gasteiger partial charge is 0.382 e. The van der Waals surface area contributed by atoms with Crippen LogP contribution in [0.3, 0.4) is 0 Å². The van der Waals surface area contributed by atoms with E-state index in [-0.39, 0.29) is 17.5 Å². The minimum atomic E-state index is -3.42. The highest BCUT2D eigenvalue weighted by Gasteiger charge is 2.39. The van der Waals surface area contributed by atoms with E-state index in [1.807, 2.05) is 5.38 Å². The van der Waals surface area contributed by atoms with Crippen LogP contribution in [0.25, 0.3) is 0 Å². The summed E-state index contributed by atoms with van der Waals surface area (Å²) < 4.78 is 29.0. The summed E-state index contributed by atoms with van der Waals surface area (Å²) in [6, 6.07) is 6.83. The van der Waals surface area contributed by atoms with E-state index in [4.69, 9.17) is 0 Å². The van der Waals surface area contributed by atoms with Gasteiger partial charge in [-0.1, -0.05) is 47.7 Å². The van der Waals surface area contributed by atoms with E-state index in [1.165, 1.54) is 41.7 Å². The third-order valence-electron chi connectivity index (χ3n) is 5.32. The number of hydrogen-bond donors (Lipinski definition) is 2. The second-order valence-corrected chi connectivity index (χ2v) is 8.45. The molecule has 2 aromatic heterocycles. The monoisotopic (exact) mass is 460 g/mol. The van der Waals surface area contributed by atoms with E-state index in [9.17, 15) is 18.7 Å². The minimum absolute atomic E-state index is 0.0625. The molecular weight excluding hydrogens is 438 g/mol. The van der Waals surface area contributed by atoms with Gasteiger partial charge in [0.05, 0.1) is 18.3 Å². The fourth-order valence-electron chi connectivity index (χ4n) is 3.56. The number of hydrogen-bond acceptors (Lipinski definition) is 7. The average molecular weight is 461 g/mol. The quantitative estimate of drug-likeness (QED) is 0.476. The average Bonchev–Trinajstić information content (AvgIpc) is 3.55. The van der Waals surface area contributed by atoms with Crippen LogP contribution in [0.4, 0.5) is 8.78 Å². The van der Waals surface area contributed by atoms with Gasteiger partial charge >= 0.3 is 5.92 Å². The van der Waals surface area contributed by atoms with E-state index in [1.54, 1.807) is 11.0 Å². The summed E-state index contributed by atoms with van der Waals surface area (Å²) in [5, 5.41) is 26.5. The highest BCUT2D eigenvalue weighted by molar-refractivity contribution is 7.09. The number of rotatable bonds is 9. The maximum absolute atomic E-state index is 14.5. The number of likely N-dealkylation sites (tertiary alicyclic amines) is 1. The van der Waals surface area contributed by atoms with Crippen molar-refractivity contribution in [2.24, 2.45) is 0 Å². The number of nitrogens with one attached hydrogen (secondary N) is 1. The first kappa shape index (κ1) is 22.2. The molecular formula is C21H22F2N6O2S. The lowest BCUT2D eigenvalue weighted by atomic mass is 10.0. The Labute approximate surface area is 187 Å². The number of H-pyrrole nitrogens is 1. The maximum atomic E-state index is 14.5. The molecule has 8 nitrogen and oxygen atoms in total. The van der Waals surface area contributed by atoms with Gasteiger partial charge < -0.3 is 10.0 Å². The SMILES string of the molecule is O=C1CC[C@H](/C=C/C(O)C(F)(F)c2ccccc2)N1Cc1nc(CCc2nn[nH]n2)cs1. The third-order valence-corrected chi connectivity index (χ3v) is 6.20. The van der Waals surface area contributed by atoms with Crippen LogP contribution in [-0.2, 0) is 30.1 Å². The summed E-state index contributed by atoms with van der Waals surface area (Å²) in [7, 11) is 0. The Morgan fingerprint density at radius 3 is 2.88 bits per heavy atom. The molecule has 2 N–H and O–H groups in total. The van der Waals surface area contributed by atoms with Crippen molar-refractivity contribution in [3.63, 3.8) is 0 Å². The number of aliphatic hydroxyl groups excluding tert-OH is 1. The van der Waals surface area contributed by atoms with Gasteiger partial charge in [-0.25, -0.2) is 4.98 Å². The summed E-state index contributed by atoms with van der Waals surface area (Å²) in [6.45, 7) is 0.298. The number of nitrogens with zero attached hydrogens (tertiary/aromatic N) is 5. The molecule has 0 saturated carbocycles. The molecule has 4 rings (SSSR count). The van der Waals surface area contributed by atoms with Gasteiger partial charge in [0.25, 0.3) is 0 Å². The van der Waals surface area contributed by atoms with Crippen LogP contribution < -0.4 is 0 Å². The molecule has 1 amide bonds. The summed E-state index contributed by atoms with van der Waals surface area (Å²) in [6.07, 6.45) is 2.68. The number of aromatic nitrogens is 5. The zero-order valence-corrected chi connectivity index (χ0v) is 17.9. The molecule has 11 heteroatoms. The number of aliphatic hydroxyl groups is 1. The number of thiazole rings is 1. The topological polar surface area (TPSA) is 108 Å². The predicted molar refractivity (Wildman–Crippen MR) is 113 cm³/mol. The standard InChI is InChI=1S/C21H22F2N6O2S/c22-21(23,14-4-2-1-3-5-14)17(30)9-7-16-8-11-20(31)29(16)12-19-24-15(13-32-19)6-10-18-25-27-28-26-18/h1-5,7,9,13,16-17,30H,6,8,10-12H2,(H,25,26,27,28)/b9-7+/t16-,17?/m0/s1. The normalized spacial score (nSPS) is 18.0. The van der Waals surface area contributed by atoms with Crippen LogP contribution in [-0.4, -0.2) is 53.7 Å². The third kappa shape index (κ3) is 5.05. The molecule has 0 radical (unpaired) electrons. The molecule has 0 bridgehead atoms. The zero-order valence-electron chi connectivity index (χ0n) is 17.1. The first-order chi connectivity index (χ1) is 15.4. The van der Waals surface area contributed by atoms with Crippen molar-refractivity contribution in [2.45, 2.75) is 50.3 Å². The van der Waals surface area contributed by atoms with Crippen LogP contribution in [0.2, 0.25) is 0 Å². The molecule has 1 aliphatic heterocycles. The van der Waals surface area contributed by atoms with Gasteiger partial charge in [-0.3, -0.25) is 4.79 Å². The van der Waals surface area contributed by atoms with Gasteiger partial charge in [0.2, 0.25) is 5.91 Å². The number of halogens is 2. The molecule has 2 atom stereocenters. The lowest BCUT2D eigenvalue weighted by Crippen LogP contribution is -2.33. The summed E-state index contributed by atoms with van der Waals surface area (Å²) in [5.41, 5.74) is 0.610. The number of amides is 1. The molecule has 1 fully saturated rings. The Morgan fingerprint density at radius 1 is 1.31 bits per heavy atom. The molecule has 3 heterocycles. The van der Waals surface area contributed by atoms with Crippen LogP contribution in [0.5, 0.6) is 0 Å². The molecule has 1 aliphatic rings. The highest BCUT2D eigenvalue weighted by Crippen LogP contribution is 2.33. The van der Waals surface area contributed by atoms with Crippen molar-refractivity contribution >= 4 is 17.2 Å². The summed E-state index contributed by atoms with van der Waals surface area (Å²) >= 11 is 1.44. The molecule has 32 heavy (non-hydrogen) atoms. The van der Waals surface area contributed by atoms with E-state index < -0.39 is 12.0 Å². The number of carbonyl (C=O) groups excluding carboxylic acids is 1. The predicted octanol–water partition coefficient (Wildman–Crippen LogP) is 2.64. The van der Waals surface area contributed by atoms with Crippen molar-refractivity contribution in [3.8, 4) is 0 Å². The maximum Gasteiger partial charge on any atom is 0.302 e. The lowest BCUT2D eigenvalue weighted by Gasteiger charge is -2.23. The molecule has 3 aromatic rings. The van der Waals surface area contributed by atoms with Crippen molar-refractivity contribution < 1.29 is 18.7 Å². The van der Waals surface area contributed by atoms with Crippen LogP contribution >= 0.6 is 11.3 Å². The number of aromatic amines is 1. The van der Waals surface area contributed by atoms with Crippen LogP contribution in [0.15, 0.2) is 47.9 Å². The van der Waals surface area contributed by atoms with Gasteiger partial charge in [0, 0.05) is 23.8 Å². The smallest absolute Gasteiger partial charge is 0.302 e. The first-order valence-corrected chi connectivity index (χ1v) is 11.1. The summed E-state index contributed by atoms with van der Waals surface area (Å²) in [4.78, 5) is 18.5. The number of aryl methyl sites for hydroxylation is 2. The van der Waals surface area contributed by atoms with Crippen molar-refractivity contribution in [3.05, 3.63) is 70.0 Å². The molecule has 0 spiro atoms. The number of carbonyl (C=O) groups is 1. The Balaban J connectivity index is 1.38.